The first-order chi connectivity index (χ1) is 8.65. The molecule has 0 radical (unpaired) electrons. The van der Waals surface area contributed by atoms with Crippen molar-refractivity contribution in [2.45, 2.75) is 70.4 Å². The van der Waals surface area contributed by atoms with E-state index in [0.29, 0.717) is 17.9 Å². The van der Waals surface area contributed by atoms with Crippen LogP contribution in [0.4, 0.5) is 0 Å². The lowest BCUT2D eigenvalue weighted by molar-refractivity contribution is 0.0979. The van der Waals surface area contributed by atoms with Crippen molar-refractivity contribution in [3.05, 3.63) is 0 Å². The first-order valence-electron chi connectivity index (χ1n) is 7.44. The van der Waals surface area contributed by atoms with Crippen LogP contribution in [0.1, 0.15) is 58.3 Å². The molecule has 2 unspecified atom stereocenters. The molecule has 18 heavy (non-hydrogen) atoms. The number of rotatable bonds is 5. The van der Waals surface area contributed by atoms with Crippen LogP contribution in [0.2, 0.25) is 0 Å². The summed E-state index contributed by atoms with van der Waals surface area (Å²) in [5, 5.41) is 18.6. The van der Waals surface area contributed by atoms with Crippen molar-refractivity contribution in [2.24, 2.45) is 5.41 Å². The maximum Gasteiger partial charge on any atom is 0.0628 e. The highest BCUT2D eigenvalue weighted by Crippen LogP contribution is 2.49. The molecule has 0 aromatic carbocycles. The summed E-state index contributed by atoms with van der Waals surface area (Å²) in [5.41, 5.74) is 0.302. The van der Waals surface area contributed by atoms with Crippen LogP contribution >= 0.6 is 0 Å². The van der Waals surface area contributed by atoms with E-state index >= 15 is 0 Å². The summed E-state index contributed by atoms with van der Waals surface area (Å²) < 4.78 is 0. The lowest BCUT2D eigenvalue weighted by Crippen LogP contribution is -2.40. The van der Waals surface area contributed by atoms with Crippen LogP contribution in [0.15, 0.2) is 0 Å². The Morgan fingerprint density at radius 3 is 2.78 bits per heavy atom. The topological polar surface area (TPSA) is 47.3 Å². The number of nitriles is 1. The van der Waals surface area contributed by atoms with Crippen molar-refractivity contribution >= 4 is 0 Å². The van der Waals surface area contributed by atoms with E-state index in [2.05, 4.69) is 11.0 Å². The van der Waals surface area contributed by atoms with Crippen LogP contribution in [-0.2, 0) is 0 Å². The van der Waals surface area contributed by atoms with Crippen molar-refractivity contribution in [2.75, 3.05) is 13.1 Å². The van der Waals surface area contributed by atoms with Crippen LogP contribution in [0.3, 0.4) is 0 Å². The lowest BCUT2D eigenvalue weighted by atomic mass is 9.98. The zero-order chi connectivity index (χ0) is 13.0. The van der Waals surface area contributed by atoms with Crippen LogP contribution in [0.5, 0.6) is 0 Å². The maximum atomic E-state index is 9.65. The predicted octanol–water partition coefficient (Wildman–Crippen LogP) is 2.70. The number of hydrogen-bond acceptors (Lipinski definition) is 3. The molecule has 0 aromatic rings. The van der Waals surface area contributed by atoms with Gasteiger partial charge in [0.05, 0.1) is 12.2 Å². The highest BCUT2D eigenvalue weighted by molar-refractivity contribution is 5.02. The number of aliphatic hydroxyl groups excluding tert-OH is 1. The monoisotopic (exact) mass is 250 g/mol. The standard InChI is InChI=1S/C15H26N2O/c1-13(18)11-14-5-3-2-4-10-17(14)12-15(6-7-15)8-9-16/h13-14,18H,2-8,10-12H2,1H3. The molecule has 0 bridgehead atoms. The molecule has 1 saturated heterocycles. The summed E-state index contributed by atoms with van der Waals surface area (Å²) >= 11 is 0. The van der Waals surface area contributed by atoms with Gasteiger partial charge >= 0.3 is 0 Å². The molecule has 2 fully saturated rings. The molecule has 1 N–H and O–H groups in total. The summed E-state index contributed by atoms with van der Waals surface area (Å²) in [6.45, 7) is 4.13. The fraction of sp³-hybridized carbons (Fsp3) is 0.933. The third kappa shape index (κ3) is 3.70. The fourth-order valence-electron chi connectivity index (χ4n) is 3.27. The minimum absolute atomic E-state index is 0.207. The Kier molecular flexibility index (Phi) is 4.64. The highest BCUT2D eigenvalue weighted by atomic mass is 16.3. The van der Waals surface area contributed by atoms with Gasteiger partial charge in [0.1, 0.15) is 0 Å². The van der Waals surface area contributed by atoms with Crippen molar-refractivity contribution in [1.82, 2.24) is 4.90 Å². The van der Waals surface area contributed by atoms with Gasteiger partial charge in [0, 0.05) is 19.0 Å². The Bertz CT molecular complexity index is 304. The van der Waals surface area contributed by atoms with Gasteiger partial charge in [0.25, 0.3) is 0 Å². The molecule has 1 aliphatic heterocycles. The highest BCUT2D eigenvalue weighted by Gasteiger charge is 2.44. The Hall–Kier alpha value is -0.590. The summed E-state index contributed by atoms with van der Waals surface area (Å²) in [6.07, 6.45) is 8.94. The van der Waals surface area contributed by atoms with Gasteiger partial charge in [-0.1, -0.05) is 12.8 Å². The van der Waals surface area contributed by atoms with E-state index in [-0.39, 0.29) is 6.10 Å². The van der Waals surface area contributed by atoms with Crippen LogP contribution < -0.4 is 0 Å². The second kappa shape index (κ2) is 6.04. The number of likely N-dealkylation sites (tertiary alicyclic amines) is 1. The SMILES string of the molecule is CC(O)CC1CCCCCN1CC1(CC#N)CC1. The van der Waals surface area contributed by atoms with Gasteiger partial charge in [-0.05, 0) is 51.0 Å². The molecule has 102 valence electrons. The maximum absolute atomic E-state index is 9.65. The summed E-state index contributed by atoms with van der Waals surface area (Å²) in [6, 6.07) is 2.89. The molecule has 2 aliphatic rings. The molecule has 1 heterocycles. The first kappa shape index (κ1) is 13.8. The van der Waals surface area contributed by atoms with Crippen molar-refractivity contribution in [3.8, 4) is 6.07 Å². The van der Waals surface area contributed by atoms with E-state index in [0.717, 1.165) is 19.5 Å². The first-order valence-corrected chi connectivity index (χ1v) is 7.44. The zero-order valence-corrected chi connectivity index (χ0v) is 11.6. The molecule has 2 atom stereocenters. The molecule has 3 heteroatoms. The normalized spacial score (nSPS) is 29.3. The second-order valence-corrected chi connectivity index (χ2v) is 6.39. The fourth-order valence-corrected chi connectivity index (χ4v) is 3.27. The molecule has 0 amide bonds. The Morgan fingerprint density at radius 2 is 2.17 bits per heavy atom. The number of nitrogens with zero attached hydrogens (tertiary/aromatic N) is 2. The van der Waals surface area contributed by atoms with Crippen LogP contribution in [0, 0.1) is 16.7 Å². The minimum Gasteiger partial charge on any atom is -0.393 e. The third-order valence-corrected chi connectivity index (χ3v) is 4.56. The molecule has 0 spiro atoms. The molecular weight excluding hydrogens is 224 g/mol. The number of aliphatic hydroxyl groups is 1. The Labute approximate surface area is 111 Å². The van der Waals surface area contributed by atoms with E-state index in [1.807, 2.05) is 6.92 Å². The van der Waals surface area contributed by atoms with Gasteiger partial charge in [-0.2, -0.15) is 5.26 Å². The van der Waals surface area contributed by atoms with Gasteiger partial charge < -0.3 is 5.11 Å². The van der Waals surface area contributed by atoms with Gasteiger partial charge in [-0.3, -0.25) is 4.90 Å². The molecule has 1 aliphatic carbocycles. The minimum atomic E-state index is -0.207. The predicted molar refractivity (Wildman–Crippen MR) is 72.0 cm³/mol. The lowest BCUT2D eigenvalue weighted by Gasteiger charge is -2.33. The second-order valence-electron chi connectivity index (χ2n) is 6.39. The average Bonchev–Trinajstić information content (AvgIpc) is 3.07. The largest absolute Gasteiger partial charge is 0.393 e. The molecule has 1 saturated carbocycles. The van der Waals surface area contributed by atoms with Gasteiger partial charge in [0.15, 0.2) is 0 Å². The van der Waals surface area contributed by atoms with Crippen LogP contribution in [0.25, 0.3) is 0 Å². The number of hydrogen-bond donors (Lipinski definition) is 1. The quantitative estimate of drug-likeness (QED) is 0.816. The zero-order valence-electron chi connectivity index (χ0n) is 11.6. The Morgan fingerprint density at radius 1 is 1.39 bits per heavy atom. The van der Waals surface area contributed by atoms with Crippen molar-refractivity contribution < 1.29 is 5.11 Å². The summed E-state index contributed by atoms with van der Waals surface area (Å²) in [5.74, 6) is 0. The van der Waals surface area contributed by atoms with Gasteiger partial charge in [-0.15, -0.1) is 0 Å². The van der Waals surface area contributed by atoms with E-state index in [1.54, 1.807) is 0 Å². The van der Waals surface area contributed by atoms with E-state index in [9.17, 15) is 5.11 Å². The van der Waals surface area contributed by atoms with E-state index < -0.39 is 0 Å². The van der Waals surface area contributed by atoms with E-state index in [4.69, 9.17) is 5.26 Å². The third-order valence-electron chi connectivity index (χ3n) is 4.56. The Balaban J connectivity index is 1.95. The molecule has 0 aromatic heterocycles. The van der Waals surface area contributed by atoms with Crippen molar-refractivity contribution in [1.29, 1.82) is 5.26 Å². The average molecular weight is 250 g/mol. The smallest absolute Gasteiger partial charge is 0.0628 e. The summed E-state index contributed by atoms with van der Waals surface area (Å²) in [7, 11) is 0. The van der Waals surface area contributed by atoms with E-state index in [1.165, 1.54) is 38.5 Å². The molecular formula is C15H26N2O. The van der Waals surface area contributed by atoms with Gasteiger partial charge in [-0.25, -0.2) is 0 Å². The summed E-state index contributed by atoms with van der Waals surface area (Å²) in [4.78, 5) is 2.57. The molecule has 3 nitrogen and oxygen atoms in total. The van der Waals surface area contributed by atoms with Crippen molar-refractivity contribution in [3.63, 3.8) is 0 Å². The van der Waals surface area contributed by atoms with Crippen LogP contribution in [-0.4, -0.2) is 35.2 Å². The molecule has 2 rings (SSSR count). The van der Waals surface area contributed by atoms with Gasteiger partial charge in [0.2, 0.25) is 0 Å².